The third-order valence-electron chi connectivity index (χ3n) is 3.51. The Labute approximate surface area is 149 Å². The van der Waals surface area contributed by atoms with Gasteiger partial charge in [-0.05, 0) is 16.7 Å². The van der Waals surface area contributed by atoms with Crippen LogP contribution in [0.3, 0.4) is 0 Å². The van der Waals surface area contributed by atoms with Gasteiger partial charge >= 0.3 is 0 Å². The molecular formula is C15H17N7O2S. The van der Waals surface area contributed by atoms with Crippen molar-refractivity contribution in [2.45, 2.75) is 32.0 Å². The summed E-state index contributed by atoms with van der Waals surface area (Å²) < 4.78 is 1.81. The molecule has 0 spiro atoms. The number of rotatable bonds is 6. The zero-order chi connectivity index (χ0) is 18.0. The number of non-ortho nitro benzene ring substituents is 1. The molecule has 0 saturated heterocycles. The Morgan fingerprint density at radius 1 is 1.28 bits per heavy atom. The van der Waals surface area contributed by atoms with Crippen molar-refractivity contribution >= 4 is 18.3 Å². The number of tetrazole rings is 1. The third-order valence-corrected chi connectivity index (χ3v) is 3.99. The molecule has 0 unspecified atom stereocenters. The minimum Gasteiger partial charge on any atom is -0.258 e. The molecule has 1 aromatic carbocycles. The number of aromatic nitrogens is 6. The fourth-order valence-electron chi connectivity index (χ4n) is 2.32. The second kappa shape index (κ2) is 7.01. The molecule has 10 heteroatoms. The van der Waals surface area contributed by atoms with Crippen molar-refractivity contribution in [2.24, 2.45) is 5.92 Å². The second-order valence-corrected chi connectivity index (χ2v) is 6.45. The number of hydrogen-bond donors (Lipinski definition) is 1. The van der Waals surface area contributed by atoms with Crippen molar-refractivity contribution in [1.82, 2.24) is 30.0 Å². The SMILES string of the molecule is CC(C)Cn1ncc(-c2nnn(Cc3ccc([N+](=O)[O-])cc3)n2)c1S. The first-order chi connectivity index (χ1) is 11.9. The van der Waals surface area contributed by atoms with E-state index in [1.807, 2.05) is 0 Å². The summed E-state index contributed by atoms with van der Waals surface area (Å²) in [7, 11) is 0. The average Bonchev–Trinajstić information content (AvgIpc) is 3.15. The van der Waals surface area contributed by atoms with Gasteiger partial charge in [0.2, 0.25) is 5.82 Å². The molecule has 3 rings (SSSR count). The summed E-state index contributed by atoms with van der Waals surface area (Å²) in [5, 5.41) is 28.1. The van der Waals surface area contributed by atoms with E-state index in [0.717, 1.165) is 17.7 Å². The number of benzene rings is 1. The van der Waals surface area contributed by atoms with E-state index in [1.165, 1.54) is 16.9 Å². The largest absolute Gasteiger partial charge is 0.269 e. The van der Waals surface area contributed by atoms with Crippen molar-refractivity contribution in [2.75, 3.05) is 0 Å². The first-order valence-electron chi connectivity index (χ1n) is 7.70. The van der Waals surface area contributed by atoms with Crippen LogP contribution in [-0.2, 0) is 13.1 Å². The van der Waals surface area contributed by atoms with Gasteiger partial charge in [-0.15, -0.1) is 22.8 Å². The van der Waals surface area contributed by atoms with Gasteiger partial charge in [0.25, 0.3) is 5.69 Å². The van der Waals surface area contributed by atoms with Crippen LogP contribution in [0.25, 0.3) is 11.4 Å². The molecule has 0 aliphatic heterocycles. The van der Waals surface area contributed by atoms with Crippen LogP contribution in [0.5, 0.6) is 0 Å². The molecule has 25 heavy (non-hydrogen) atoms. The van der Waals surface area contributed by atoms with E-state index in [4.69, 9.17) is 0 Å². The Kier molecular flexibility index (Phi) is 4.79. The van der Waals surface area contributed by atoms with Crippen LogP contribution >= 0.6 is 12.6 Å². The zero-order valence-electron chi connectivity index (χ0n) is 13.8. The molecule has 130 valence electrons. The van der Waals surface area contributed by atoms with E-state index >= 15 is 0 Å². The fraction of sp³-hybridized carbons (Fsp3) is 0.333. The van der Waals surface area contributed by atoms with Gasteiger partial charge in [0.15, 0.2) is 0 Å². The van der Waals surface area contributed by atoms with E-state index in [0.29, 0.717) is 23.3 Å². The minimum atomic E-state index is -0.432. The van der Waals surface area contributed by atoms with Crippen molar-refractivity contribution in [3.63, 3.8) is 0 Å². The van der Waals surface area contributed by atoms with Crippen LogP contribution in [0, 0.1) is 16.0 Å². The summed E-state index contributed by atoms with van der Waals surface area (Å²) in [5.41, 5.74) is 1.61. The predicted molar refractivity (Wildman–Crippen MR) is 93.3 cm³/mol. The summed E-state index contributed by atoms with van der Waals surface area (Å²) >= 11 is 4.51. The lowest BCUT2D eigenvalue weighted by Gasteiger charge is -2.06. The summed E-state index contributed by atoms with van der Waals surface area (Å²) in [6.07, 6.45) is 1.68. The number of nitro groups is 1. The van der Waals surface area contributed by atoms with Crippen LogP contribution < -0.4 is 0 Å². The zero-order valence-corrected chi connectivity index (χ0v) is 14.7. The van der Waals surface area contributed by atoms with Crippen LogP contribution in [-0.4, -0.2) is 34.9 Å². The van der Waals surface area contributed by atoms with Gasteiger partial charge < -0.3 is 0 Å². The molecule has 2 aromatic heterocycles. The Morgan fingerprint density at radius 3 is 2.64 bits per heavy atom. The first-order valence-corrected chi connectivity index (χ1v) is 8.15. The summed E-state index contributed by atoms with van der Waals surface area (Å²) in [4.78, 5) is 11.7. The smallest absolute Gasteiger partial charge is 0.258 e. The molecule has 2 heterocycles. The number of thiol groups is 1. The van der Waals surface area contributed by atoms with Crippen LogP contribution in [0.2, 0.25) is 0 Å². The monoisotopic (exact) mass is 359 g/mol. The highest BCUT2D eigenvalue weighted by molar-refractivity contribution is 7.80. The average molecular weight is 359 g/mol. The molecule has 0 amide bonds. The molecule has 3 aromatic rings. The summed E-state index contributed by atoms with van der Waals surface area (Å²) in [6.45, 7) is 5.34. The molecule has 0 fully saturated rings. The van der Waals surface area contributed by atoms with Gasteiger partial charge in [0.05, 0.1) is 23.2 Å². The lowest BCUT2D eigenvalue weighted by molar-refractivity contribution is -0.384. The predicted octanol–water partition coefficient (Wildman–Crippen LogP) is 2.44. The van der Waals surface area contributed by atoms with Gasteiger partial charge in [0, 0.05) is 18.7 Å². The number of nitrogens with zero attached hydrogens (tertiary/aromatic N) is 7. The Morgan fingerprint density at radius 2 is 2.00 bits per heavy atom. The van der Waals surface area contributed by atoms with Gasteiger partial charge in [-0.25, -0.2) is 0 Å². The van der Waals surface area contributed by atoms with Crippen molar-refractivity contribution in [3.05, 3.63) is 46.1 Å². The normalized spacial score (nSPS) is 11.2. The molecular weight excluding hydrogens is 342 g/mol. The maximum atomic E-state index is 10.7. The van der Waals surface area contributed by atoms with Gasteiger partial charge in [-0.1, -0.05) is 26.0 Å². The third kappa shape index (κ3) is 3.85. The maximum Gasteiger partial charge on any atom is 0.269 e. The molecule has 0 N–H and O–H groups in total. The topological polar surface area (TPSA) is 105 Å². The fourth-order valence-corrected chi connectivity index (χ4v) is 2.61. The van der Waals surface area contributed by atoms with Crippen LogP contribution in [0.1, 0.15) is 19.4 Å². The van der Waals surface area contributed by atoms with Gasteiger partial charge in [-0.3, -0.25) is 14.8 Å². The van der Waals surface area contributed by atoms with E-state index in [1.54, 1.807) is 23.0 Å². The molecule has 0 radical (unpaired) electrons. The number of nitro benzene ring substituents is 1. The number of hydrogen-bond acceptors (Lipinski definition) is 7. The van der Waals surface area contributed by atoms with Crippen molar-refractivity contribution in [1.29, 1.82) is 0 Å². The first kappa shape index (κ1) is 17.1. The quantitative estimate of drug-likeness (QED) is 0.412. The van der Waals surface area contributed by atoms with Crippen molar-refractivity contribution in [3.8, 4) is 11.4 Å². The van der Waals surface area contributed by atoms with E-state index in [2.05, 4.69) is 47.0 Å². The van der Waals surface area contributed by atoms with Crippen LogP contribution in [0.15, 0.2) is 35.5 Å². The molecule has 0 aliphatic carbocycles. The van der Waals surface area contributed by atoms with E-state index in [-0.39, 0.29) is 5.69 Å². The van der Waals surface area contributed by atoms with E-state index < -0.39 is 4.92 Å². The van der Waals surface area contributed by atoms with Crippen molar-refractivity contribution < 1.29 is 4.92 Å². The lowest BCUT2D eigenvalue weighted by atomic mass is 10.2. The maximum absolute atomic E-state index is 10.7. The van der Waals surface area contributed by atoms with Gasteiger partial charge in [0.1, 0.15) is 5.03 Å². The Bertz CT molecular complexity index is 886. The lowest BCUT2D eigenvalue weighted by Crippen LogP contribution is -2.06. The molecule has 0 aliphatic rings. The molecule has 9 nitrogen and oxygen atoms in total. The highest BCUT2D eigenvalue weighted by Crippen LogP contribution is 2.23. The van der Waals surface area contributed by atoms with Gasteiger partial charge in [-0.2, -0.15) is 9.90 Å². The van der Waals surface area contributed by atoms with E-state index in [9.17, 15) is 10.1 Å². The summed E-state index contributed by atoms with van der Waals surface area (Å²) in [5.74, 6) is 0.895. The van der Waals surface area contributed by atoms with Crippen LogP contribution in [0.4, 0.5) is 5.69 Å². The molecule has 0 atom stereocenters. The Balaban J connectivity index is 1.76. The second-order valence-electron chi connectivity index (χ2n) is 6.02. The highest BCUT2D eigenvalue weighted by atomic mass is 32.1. The molecule has 0 saturated carbocycles. The highest BCUT2D eigenvalue weighted by Gasteiger charge is 2.15. The Hall–Kier alpha value is -2.75. The summed E-state index contributed by atoms with van der Waals surface area (Å²) in [6, 6.07) is 6.25. The minimum absolute atomic E-state index is 0.0493. The molecule has 0 bridgehead atoms. The standard InChI is InChI=1S/C15H17N7O2S/c1-10(2)8-20-15(25)13(7-16-20)14-17-19-21(18-14)9-11-3-5-12(6-4-11)22(23)24/h3-7,10,25H,8-9H2,1-2H3.